The molecule has 2 N–H and O–H groups in total. The van der Waals surface area contributed by atoms with E-state index in [2.05, 4.69) is 30.6 Å². The molecule has 0 fully saturated rings. The molecular weight excluding hydrogens is 441 g/mol. The Balaban J connectivity index is 1.29. The van der Waals surface area contributed by atoms with E-state index in [1.807, 2.05) is 0 Å². The van der Waals surface area contributed by atoms with Gasteiger partial charge in [-0.2, -0.15) is 0 Å². The maximum atomic E-state index is 12.2. The molecule has 2 aromatic carbocycles. The second-order valence-corrected chi connectivity index (χ2v) is 6.48. The summed E-state index contributed by atoms with van der Waals surface area (Å²) >= 11 is 0. The number of halogens is 3. The van der Waals surface area contributed by atoms with Gasteiger partial charge >= 0.3 is 12.4 Å². The lowest BCUT2D eigenvalue weighted by molar-refractivity contribution is -0.274. The summed E-state index contributed by atoms with van der Waals surface area (Å²) in [5.41, 5.74) is 0.762. The van der Waals surface area contributed by atoms with Crippen molar-refractivity contribution < 1.29 is 27.4 Å². The van der Waals surface area contributed by atoms with Gasteiger partial charge in [0.05, 0.1) is 0 Å². The molecule has 2 amide bonds. The number of carbonyl (C=O) groups is 1. The number of aromatic nitrogens is 4. The molecular formula is C21H15F3N6O3. The van der Waals surface area contributed by atoms with E-state index in [0.29, 0.717) is 22.9 Å². The van der Waals surface area contributed by atoms with Crippen LogP contribution in [0.5, 0.6) is 17.4 Å². The van der Waals surface area contributed by atoms with Crippen molar-refractivity contribution in [2.75, 3.05) is 10.6 Å². The molecule has 12 heteroatoms. The molecule has 0 saturated carbocycles. The summed E-state index contributed by atoms with van der Waals surface area (Å²) < 4.78 is 47.7. The Morgan fingerprint density at radius 2 is 1.48 bits per heavy atom. The van der Waals surface area contributed by atoms with E-state index >= 15 is 0 Å². The summed E-state index contributed by atoms with van der Waals surface area (Å²) in [5, 5.41) is 13.2. The number of hydrogen-bond acceptors (Lipinski definition) is 6. The van der Waals surface area contributed by atoms with Crippen molar-refractivity contribution in [3.05, 3.63) is 79.4 Å². The molecule has 2 aromatic heterocycles. The Hall–Kier alpha value is -4.61. The predicted molar refractivity (Wildman–Crippen MR) is 111 cm³/mol. The summed E-state index contributed by atoms with van der Waals surface area (Å²) in [5.74, 6) is 0.971. The maximum Gasteiger partial charge on any atom is 0.573 e. The van der Waals surface area contributed by atoms with Gasteiger partial charge in [-0.15, -0.1) is 23.4 Å². The van der Waals surface area contributed by atoms with Crippen molar-refractivity contribution in [2.24, 2.45) is 0 Å². The van der Waals surface area contributed by atoms with Crippen molar-refractivity contribution >= 4 is 17.4 Å². The number of urea groups is 1. The number of anilines is 2. The summed E-state index contributed by atoms with van der Waals surface area (Å²) in [6.45, 7) is 0. The number of amides is 2. The van der Waals surface area contributed by atoms with Gasteiger partial charge in [0.25, 0.3) is 0 Å². The van der Waals surface area contributed by atoms with E-state index in [0.717, 1.165) is 12.1 Å². The number of nitrogens with zero attached hydrogens (tertiary/aromatic N) is 4. The number of alkyl halides is 3. The molecule has 0 aliphatic rings. The van der Waals surface area contributed by atoms with Gasteiger partial charge in [-0.1, -0.05) is 0 Å². The topological polar surface area (TPSA) is 103 Å². The van der Waals surface area contributed by atoms with Crippen LogP contribution in [0.3, 0.4) is 0 Å². The Bertz CT molecular complexity index is 1200. The largest absolute Gasteiger partial charge is 0.573 e. The smallest absolute Gasteiger partial charge is 0.438 e. The van der Waals surface area contributed by atoms with Crippen molar-refractivity contribution in [3.8, 4) is 23.2 Å². The second-order valence-electron chi connectivity index (χ2n) is 6.48. The third-order valence-corrected chi connectivity index (χ3v) is 4.08. The number of carbonyl (C=O) groups excluding carboxylic acids is 1. The highest BCUT2D eigenvalue weighted by Crippen LogP contribution is 2.24. The molecule has 0 bridgehead atoms. The van der Waals surface area contributed by atoms with Crippen LogP contribution in [0.1, 0.15) is 0 Å². The molecule has 0 atom stereocenters. The third-order valence-electron chi connectivity index (χ3n) is 4.08. The van der Waals surface area contributed by atoms with Crippen molar-refractivity contribution in [3.63, 3.8) is 0 Å². The van der Waals surface area contributed by atoms with Crippen LogP contribution in [0.15, 0.2) is 79.4 Å². The molecule has 0 radical (unpaired) electrons. The molecule has 4 rings (SSSR count). The van der Waals surface area contributed by atoms with Gasteiger partial charge in [0.1, 0.15) is 17.8 Å². The van der Waals surface area contributed by atoms with Gasteiger partial charge < -0.3 is 20.1 Å². The van der Waals surface area contributed by atoms with Crippen LogP contribution in [0.2, 0.25) is 0 Å². The van der Waals surface area contributed by atoms with Crippen LogP contribution in [0, 0.1) is 0 Å². The van der Waals surface area contributed by atoms with Crippen molar-refractivity contribution in [1.29, 1.82) is 0 Å². The highest BCUT2D eigenvalue weighted by Gasteiger charge is 2.30. The highest BCUT2D eigenvalue weighted by molar-refractivity contribution is 5.99. The van der Waals surface area contributed by atoms with E-state index in [4.69, 9.17) is 4.74 Å². The third kappa shape index (κ3) is 6.19. The maximum absolute atomic E-state index is 12.2. The minimum atomic E-state index is -4.78. The van der Waals surface area contributed by atoms with Crippen LogP contribution in [0.4, 0.5) is 29.3 Å². The molecule has 2 heterocycles. The number of benzene rings is 2. The van der Waals surface area contributed by atoms with E-state index in [9.17, 15) is 18.0 Å². The number of hydrogen-bond donors (Lipinski definition) is 2. The SMILES string of the molecule is O=C(Nc1ccc(Oc2ccc(-n3ccnc3)nn2)cc1)Nc1ccc(OC(F)(F)F)cc1. The van der Waals surface area contributed by atoms with Crippen LogP contribution >= 0.6 is 0 Å². The van der Waals surface area contributed by atoms with E-state index < -0.39 is 12.4 Å². The second kappa shape index (κ2) is 9.26. The van der Waals surface area contributed by atoms with Crippen molar-refractivity contribution in [2.45, 2.75) is 6.36 Å². The van der Waals surface area contributed by atoms with Crippen LogP contribution in [-0.2, 0) is 0 Å². The first-order valence-electron chi connectivity index (χ1n) is 9.38. The monoisotopic (exact) mass is 456 g/mol. The first-order valence-corrected chi connectivity index (χ1v) is 9.38. The summed E-state index contributed by atoms with van der Waals surface area (Å²) in [6.07, 6.45) is 0.192. The minimum absolute atomic E-state index is 0.287. The number of ether oxygens (including phenoxy) is 2. The molecule has 0 aliphatic carbocycles. The molecule has 9 nitrogen and oxygen atoms in total. The zero-order valence-electron chi connectivity index (χ0n) is 16.7. The zero-order chi connectivity index (χ0) is 23.3. The molecule has 0 unspecified atom stereocenters. The Morgan fingerprint density at radius 3 is 2.00 bits per heavy atom. The van der Waals surface area contributed by atoms with Crippen molar-refractivity contribution in [1.82, 2.24) is 19.7 Å². The minimum Gasteiger partial charge on any atom is -0.438 e. The average molecular weight is 456 g/mol. The van der Waals surface area contributed by atoms with Crippen LogP contribution in [0.25, 0.3) is 5.82 Å². The average Bonchev–Trinajstić information content (AvgIpc) is 3.31. The van der Waals surface area contributed by atoms with Crippen LogP contribution in [-0.4, -0.2) is 32.1 Å². The van der Waals surface area contributed by atoms with Gasteiger partial charge in [0.15, 0.2) is 5.82 Å². The molecule has 4 aromatic rings. The fraction of sp³-hybridized carbons (Fsp3) is 0.0476. The van der Waals surface area contributed by atoms with Gasteiger partial charge in [0.2, 0.25) is 5.88 Å². The molecule has 0 spiro atoms. The molecule has 0 aliphatic heterocycles. The van der Waals surface area contributed by atoms with E-state index in [1.165, 1.54) is 12.1 Å². The predicted octanol–water partition coefficient (Wildman–Crippen LogP) is 5.00. The Morgan fingerprint density at radius 1 is 0.848 bits per heavy atom. The lowest BCUT2D eigenvalue weighted by Gasteiger charge is -2.11. The normalized spacial score (nSPS) is 11.0. The highest BCUT2D eigenvalue weighted by atomic mass is 19.4. The van der Waals surface area contributed by atoms with E-state index in [-0.39, 0.29) is 11.6 Å². The summed E-state index contributed by atoms with van der Waals surface area (Å²) in [7, 11) is 0. The first-order chi connectivity index (χ1) is 15.8. The first kappa shape index (κ1) is 21.6. The summed E-state index contributed by atoms with van der Waals surface area (Å²) in [6, 6.07) is 14.1. The number of nitrogens with one attached hydrogen (secondary N) is 2. The van der Waals surface area contributed by atoms with Gasteiger partial charge in [-0.3, -0.25) is 4.57 Å². The Labute approximate surface area is 184 Å². The van der Waals surface area contributed by atoms with Gasteiger partial charge in [-0.05, 0) is 54.6 Å². The quantitative estimate of drug-likeness (QED) is 0.423. The lowest BCUT2D eigenvalue weighted by atomic mass is 10.3. The summed E-state index contributed by atoms with van der Waals surface area (Å²) in [4.78, 5) is 16.1. The molecule has 33 heavy (non-hydrogen) atoms. The standard InChI is InChI=1S/C21H15F3N6O3/c22-21(23,24)33-17-7-3-15(4-8-17)27-20(31)26-14-1-5-16(6-2-14)32-19-10-9-18(28-29-19)30-12-11-25-13-30/h1-13H,(H2,26,27,31). The van der Waals surface area contributed by atoms with Gasteiger partial charge in [-0.25, -0.2) is 9.78 Å². The van der Waals surface area contributed by atoms with Crippen LogP contribution < -0.4 is 20.1 Å². The zero-order valence-corrected chi connectivity index (χ0v) is 16.7. The number of imidazole rings is 1. The Kier molecular flexibility index (Phi) is 6.06. The van der Waals surface area contributed by atoms with E-state index in [1.54, 1.807) is 59.7 Å². The lowest BCUT2D eigenvalue weighted by Crippen LogP contribution is -2.19. The molecule has 0 saturated heterocycles. The number of rotatable bonds is 6. The van der Waals surface area contributed by atoms with Gasteiger partial charge in [0, 0.05) is 29.8 Å². The fourth-order valence-electron chi connectivity index (χ4n) is 2.66. The molecule has 168 valence electrons. The fourth-order valence-corrected chi connectivity index (χ4v) is 2.66.